The molecule has 2 rings (SSSR count). The number of benzene rings is 1. The maximum atomic E-state index is 5.48. The highest BCUT2D eigenvalue weighted by Crippen LogP contribution is 2.14. The first-order valence-electron chi connectivity index (χ1n) is 8.62. The van der Waals surface area contributed by atoms with Gasteiger partial charge in [0.2, 0.25) is 0 Å². The average molecular weight is 331 g/mol. The summed E-state index contributed by atoms with van der Waals surface area (Å²) in [6, 6.07) is 8.23. The normalized spacial score (nSPS) is 15.0. The van der Waals surface area contributed by atoms with Crippen LogP contribution in [0.4, 0.5) is 0 Å². The van der Waals surface area contributed by atoms with Crippen LogP contribution in [0.15, 0.2) is 40.9 Å². The number of rotatable bonds is 7. The number of nitrogens with zero attached hydrogens (tertiary/aromatic N) is 2. The fourth-order valence-corrected chi connectivity index (χ4v) is 2.72. The van der Waals surface area contributed by atoms with Crippen molar-refractivity contribution in [1.82, 2.24) is 10.2 Å². The molecule has 0 saturated heterocycles. The molecule has 0 atom stereocenters. The molecule has 0 radical (unpaired) electrons. The maximum absolute atomic E-state index is 5.48. The molecular weight excluding hydrogens is 302 g/mol. The Labute approximate surface area is 145 Å². The van der Waals surface area contributed by atoms with Crippen LogP contribution in [0.5, 0.6) is 5.75 Å². The predicted molar refractivity (Wildman–Crippen MR) is 98.6 cm³/mol. The molecule has 1 aromatic carbocycles. The Hall–Kier alpha value is -2.01. The van der Waals surface area contributed by atoms with Crippen LogP contribution < -0.4 is 10.1 Å². The lowest BCUT2D eigenvalue weighted by Crippen LogP contribution is -2.39. The van der Waals surface area contributed by atoms with Gasteiger partial charge in [0.05, 0.1) is 19.8 Å². The smallest absolute Gasteiger partial charge is 0.193 e. The predicted octanol–water partition coefficient (Wildman–Crippen LogP) is 2.83. The largest absolute Gasteiger partial charge is 0.494 e. The van der Waals surface area contributed by atoms with Crippen molar-refractivity contribution in [2.24, 2.45) is 4.99 Å². The lowest BCUT2D eigenvalue weighted by Gasteiger charge is -2.23. The van der Waals surface area contributed by atoms with Gasteiger partial charge in [-0.05, 0) is 37.5 Å². The van der Waals surface area contributed by atoms with Gasteiger partial charge in [-0.1, -0.05) is 23.8 Å². The third-order valence-corrected chi connectivity index (χ3v) is 4.01. The molecule has 0 aliphatic carbocycles. The van der Waals surface area contributed by atoms with Crippen molar-refractivity contribution >= 4 is 5.96 Å². The number of ether oxygens (including phenoxy) is 2. The summed E-state index contributed by atoms with van der Waals surface area (Å²) >= 11 is 0. The van der Waals surface area contributed by atoms with Crippen molar-refractivity contribution in [1.29, 1.82) is 0 Å². The van der Waals surface area contributed by atoms with Gasteiger partial charge in [0.1, 0.15) is 5.75 Å². The third-order valence-electron chi connectivity index (χ3n) is 4.01. The molecule has 0 saturated carbocycles. The monoisotopic (exact) mass is 331 g/mol. The molecule has 0 bridgehead atoms. The minimum atomic E-state index is 0.693. The van der Waals surface area contributed by atoms with Gasteiger partial charge in [-0.25, -0.2) is 0 Å². The van der Waals surface area contributed by atoms with Gasteiger partial charge in [-0.15, -0.1) is 0 Å². The van der Waals surface area contributed by atoms with E-state index >= 15 is 0 Å². The Kier molecular flexibility index (Phi) is 7.62. The molecule has 1 N–H and O–H groups in total. The standard InChI is InChI=1S/C19H29N3O2/c1-4-24-18-7-5-17(6-8-18)15-22(3)19(20-2)21-12-9-16-10-13-23-14-11-16/h5-8,10H,4,9,11-15H2,1-3H3,(H,20,21). The molecule has 0 unspecified atom stereocenters. The summed E-state index contributed by atoms with van der Waals surface area (Å²) in [5, 5.41) is 3.44. The lowest BCUT2D eigenvalue weighted by molar-refractivity contribution is 0.153. The van der Waals surface area contributed by atoms with Crippen LogP contribution >= 0.6 is 0 Å². The second-order valence-corrected chi connectivity index (χ2v) is 5.84. The second kappa shape index (κ2) is 9.98. The molecule has 132 valence electrons. The molecule has 0 amide bonds. The Morgan fingerprint density at radius 2 is 2.12 bits per heavy atom. The molecule has 0 spiro atoms. The summed E-state index contributed by atoms with van der Waals surface area (Å²) in [7, 11) is 3.88. The Balaban J connectivity index is 1.80. The number of aliphatic imine (C=N–C) groups is 1. The molecule has 5 nitrogen and oxygen atoms in total. The lowest BCUT2D eigenvalue weighted by atomic mass is 10.1. The third kappa shape index (κ3) is 5.89. The van der Waals surface area contributed by atoms with E-state index in [-0.39, 0.29) is 0 Å². The molecule has 24 heavy (non-hydrogen) atoms. The van der Waals surface area contributed by atoms with Crippen molar-refractivity contribution < 1.29 is 9.47 Å². The minimum Gasteiger partial charge on any atom is -0.494 e. The Bertz CT molecular complexity index is 552. The summed E-state index contributed by atoms with van der Waals surface area (Å²) in [5.41, 5.74) is 2.70. The number of guanidine groups is 1. The maximum Gasteiger partial charge on any atom is 0.193 e. The van der Waals surface area contributed by atoms with Gasteiger partial charge in [-0.2, -0.15) is 0 Å². The Morgan fingerprint density at radius 1 is 1.33 bits per heavy atom. The highest BCUT2D eigenvalue weighted by atomic mass is 16.5. The molecule has 5 heteroatoms. The highest BCUT2D eigenvalue weighted by molar-refractivity contribution is 5.79. The van der Waals surface area contributed by atoms with Crippen molar-refractivity contribution in [3.05, 3.63) is 41.5 Å². The van der Waals surface area contributed by atoms with Gasteiger partial charge in [0, 0.05) is 27.2 Å². The van der Waals surface area contributed by atoms with Crippen LogP contribution in [0.25, 0.3) is 0 Å². The summed E-state index contributed by atoms with van der Waals surface area (Å²) in [4.78, 5) is 6.51. The zero-order valence-corrected chi connectivity index (χ0v) is 15.0. The summed E-state index contributed by atoms with van der Waals surface area (Å²) in [6.45, 7) is 5.99. The van der Waals surface area contributed by atoms with E-state index in [1.807, 2.05) is 26.1 Å². The van der Waals surface area contributed by atoms with Gasteiger partial charge < -0.3 is 19.7 Å². The molecule has 0 aromatic heterocycles. The minimum absolute atomic E-state index is 0.693. The van der Waals surface area contributed by atoms with E-state index in [2.05, 4.69) is 40.5 Å². The molecule has 1 aliphatic heterocycles. The van der Waals surface area contributed by atoms with Crippen LogP contribution in [0.2, 0.25) is 0 Å². The van der Waals surface area contributed by atoms with Gasteiger partial charge in [0.15, 0.2) is 5.96 Å². The second-order valence-electron chi connectivity index (χ2n) is 5.84. The quantitative estimate of drug-likeness (QED) is 0.474. The van der Waals surface area contributed by atoms with E-state index in [0.717, 1.165) is 50.9 Å². The van der Waals surface area contributed by atoms with Crippen LogP contribution in [-0.2, 0) is 11.3 Å². The van der Waals surface area contributed by atoms with E-state index in [4.69, 9.17) is 9.47 Å². The van der Waals surface area contributed by atoms with Gasteiger partial charge in [-0.3, -0.25) is 4.99 Å². The van der Waals surface area contributed by atoms with Crippen molar-refractivity contribution in [3.63, 3.8) is 0 Å². The molecular formula is C19H29N3O2. The number of hydrogen-bond donors (Lipinski definition) is 1. The summed E-state index contributed by atoms with van der Waals surface area (Å²) in [6.07, 6.45) is 4.28. The molecule has 0 fully saturated rings. The fourth-order valence-electron chi connectivity index (χ4n) is 2.72. The zero-order valence-electron chi connectivity index (χ0n) is 15.0. The first-order chi connectivity index (χ1) is 11.7. The van der Waals surface area contributed by atoms with Crippen LogP contribution in [0, 0.1) is 0 Å². The SMILES string of the molecule is CCOc1ccc(CN(C)C(=NC)NCCC2=CCOCC2)cc1. The van der Waals surface area contributed by atoms with Crippen molar-refractivity contribution in [2.45, 2.75) is 26.3 Å². The first kappa shape index (κ1) is 18.3. The summed E-state index contributed by atoms with van der Waals surface area (Å²) in [5.74, 6) is 1.83. The van der Waals surface area contributed by atoms with E-state index in [1.165, 1.54) is 11.1 Å². The number of nitrogens with one attached hydrogen (secondary N) is 1. The van der Waals surface area contributed by atoms with Crippen molar-refractivity contribution in [3.8, 4) is 5.75 Å². The van der Waals surface area contributed by atoms with Crippen LogP contribution in [-0.4, -0.2) is 51.3 Å². The molecule has 1 heterocycles. The van der Waals surface area contributed by atoms with Gasteiger partial charge in [0.25, 0.3) is 0 Å². The Morgan fingerprint density at radius 3 is 2.75 bits per heavy atom. The first-order valence-corrected chi connectivity index (χ1v) is 8.62. The fraction of sp³-hybridized carbons (Fsp3) is 0.526. The topological polar surface area (TPSA) is 46.1 Å². The van der Waals surface area contributed by atoms with E-state index in [0.29, 0.717) is 6.61 Å². The zero-order chi connectivity index (χ0) is 17.2. The van der Waals surface area contributed by atoms with Crippen LogP contribution in [0.1, 0.15) is 25.3 Å². The van der Waals surface area contributed by atoms with E-state index < -0.39 is 0 Å². The van der Waals surface area contributed by atoms with Crippen molar-refractivity contribution in [2.75, 3.05) is 40.5 Å². The summed E-state index contributed by atoms with van der Waals surface area (Å²) < 4.78 is 10.8. The average Bonchev–Trinajstić information content (AvgIpc) is 2.61. The van der Waals surface area contributed by atoms with E-state index in [9.17, 15) is 0 Å². The molecule has 1 aliphatic rings. The highest BCUT2D eigenvalue weighted by Gasteiger charge is 2.08. The molecule has 1 aromatic rings. The van der Waals surface area contributed by atoms with Crippen LogP contribution in [0.3, 0.4) is 0 Å². The van der Waals surface area contributed by atoms with E-state index in [1.54, 1.807) is 0 Å². The number of hydrogen-bond acceptors (Lipinski definition) is 3. The van der Waals surface area contributed by atoms with Gasteiger partial charge >= 0.3 is 0 Å².